The first-order chi connectivity index (χ1) is 14.6. The van der Waals surface area contributed by atoms with Gasteiger partial charge in [0.15, 0.2) is 0 Å². The summed E-state index contributed by atoms with van der Waals surface area (Å²) >= 11 is 0. The Bertz CT molecular complexity index is 1030. The fourth-order valence-electron chi connectivity index (χ4n) is 3.51. The van der Waals surface area contributed by atoms with Crippen molar-refractivity contribution in [3.8, 4) is 0 Å². The molecule has 1 heterocycles. The molecular formula is C21H22F4N2O3S. The molecule has 3 rings (SSSR count). The Kier molecular flexibility index (Phi) is 7.00. The van der Waals surface area contributed by atoms with Gasteiger partial charge in [-0.25, -0.2) is 12.8 Å². The smallest absolute Gasteiger partial charge is 0.356 e. The number of hydrogen-bond donors (Lipinski definition) is 1. The van der Waals surface area contributed by atoms with Crippen LogP contribution in [0.1, 0.15) is 24.0 Å². The first-order valence-corrected chi connectivity index (χ1v) is 11.2. The molecular weight excluding hydrogens is 436 g/mol. The van der Waals surface area contributed by atoms with Crippen LogP contribution in [0.2, 0.25) is 0 Å². The van der Waals surface area contributed by atoms with Gasteiger partial charge < -0.3 is 5.32 Å². The van der Waals surface area contributed by atoms with Crippen molar-refractivity contribution in [2.24, 2.45) is 5.92 Å². The molecule has 0 saturated carbocycles. The van der Waals surface area contributed by atoms with Crippen LogP contribution in [0.15, 0.2) is 53.4 Å². The second kappa shape index (κ2) is 9.35. The van der Waals surface area contributed by atoms with E-state index in [1.807, 2.05) is 0 Å². The number of halogens is 4. The van der Waals surface area contributed by atoms with Crippen molar-refractivity contribution in [1.82, 2.24) is 9.62 Å². The van der Waals surface area contributed by atoms with Crippen LogP contribution in [0.5, 0.6) is 0 Å². The molecule has 5 nitrogen and oxygen atoms in total. The summed E-state index contributed by atoms with van der Waals surface area (Å²) in [6.45, 7) is 0.316. The molecule has 168 valence electrons. The Balaban J connectivity index is 1.55. The summed E-state index contributed by atoms with van der Waals surface area (Å²) in [5, 5.41) is 2.74. The van der Waals surface area contributed by atoms with E-state index < -0.39 is 32.6 Å². The lowest BCUT2D eigenvalue weighted by molar-refractivity contribution is -0.137. The maximum atomic E-state index is 13.6. The van der Waals surface area contributed by atoms with Gasteiger partial charge in [-0.1, -0.05) is 24.3 Å². The molecule has 0 unspecified atom stereocenters. The Hall–Kier alpha value is -2.46. The summed E-state index contributed by atoms with van der Waals surface area (Å²) in [5.41, 5.74) is -0.539. The van der Waals surface area contributed by atoms with Crippen molar-refractivity contribution in [3.05, 3.63) is 65.5 Å². The number of sulfonamides is 1. The summed E-state index contributed by atoms with van der Waals surface area (Å²) in [4.78, 5) is 11.9. The van der Waals surface area contributed by atoms with Crippen molar-refractivity contribution in [3.63, 3.8) is 0 Å². The highest BCUT2D eigenvalue weighted by molar-refractivity contribution is 7.89. The standard InChI is InChI=1S/C21H22F4N2O3S/c22-19-7-2-1-4-15(19)8-11-26-20(28)16-9-12-27(13-10-16)31(29,30)18-6-3-5-17(14-18)21(23,24)25/h1-7,14,16H,8-13H2,(H,26,28). The predicted octanol–water partition coefficient (Wildman–Crippen LogP) is 3.60. The number of carbonyl (C=O) groups excluding carboxylic acids is 1. The molecule has 0 atom stereocenters. The number of nitrogens with one attached hydrogen (secondary N) is 1. The normalized spacial score (nSPS) is 16.3. The summed E-state index contributed by atoms with van der Waals surface area (Å²) in [7, 11) is -4.09. The number of carbonyl (C=O) groups is 1. The van der Waals surface area contributed by atoms with Crippen LogP contribution < -0.4 is 5.32 Å². The largest absolute Gasteiger partial charge is 0.416 e. The molecule has 31 heavy (non-hydrogen) atoms. The minimum Gasteiger partial charge on any atom is -0.356 e. The third-order valence-corrected chi connectivity index (χ3v) is 7.17. The quantitative estimate of drug-likeness (QED) is 0.673. The van der Waals surface area contributed by atoms with E-state index in [2.05, 4.69) is 5.32 Å². The Labute approximate surface area is 178 Å². The lowest BCUT2D eigenvalue weighted by Gasteiger charge is -2.30. The van der Waals surface area contributed by atoms with Gasteiger partial charge in [-0.2, -0.15) is 17.5 Å². The zero-order valence-corrected chi connectivity index (χ0v) is 17.3. The Morgan fingerprint density at radius 2 is 1.74 bits per heavy atom. The van der Waals surface area contributed by atoms with Crippen molar-refractivity contribution in [2.45, 2.75) is 30.3 Å². The van der Waals surface area contributed by atoms with Gasteiger partial charge in [0.05, 0.1) is 10.5 Å². The van der Waals surface area contributed by atoms with Crippen LogP contribution in [0.4, 0.5) is 17.6 Å². The second-order valence-electron chi connectivity index (χ2n) is 7.34. The fourth-order valence-corrected chi connectivity index (χ4v) is 5.02. The van der Waals surface area contributed by atoms with Crippen LogP contribution in [0.25, 0.3) is 0 Å². The van der Waals surface area contributed by atoms with E-state index in [4.69, 9.17) is 0 Å². The molecule has 2 aromatic carbocycles. The van der Waals surface area contributed by atoms with Crippen LogP contribution in [-0.4, -0.2) is 38.3 Å². The van der Waals surface area contributed by atoms with Crippen LogP contribution in [0, 0.1) is 11.7 Å². The van der Waals surface area contributed by atoms with E-state index in [0.29, 0.717) is 18.1 Å². The Morgan fingerprint density at radius 1 is 1.06 bits per heavy atom. The predicted molar refractivity (Wildman–Crippen MR) is 106 cm³/mol. The highest BCUT2D eigenvalue weighted by atomic mass is 32.2. The van der Waals surface area contributed by atoms with Crippen LogP contribution in [-0.2, 0) is 27.4 Å². The minimum absolute atomic E-state index is 0.0317. The van der Waals surface area contributed by atoms with E-state index >= 15 is 0 Å². The van der Waals surface area contributed by atoms with E-state index in [-0.39, 0.29) is 44.2 Å². The third-order valence-electron chi connectivity index (χ3n) is 5.28. The van der Waals surface area contributed by atoms with E-state index in [1.54, 1.807) is 18.2 Å². The van der Waals surface area contributed by atoms with Gasteiger partial charge in [0.2, 0.25) is 15.9 Å². The van der Waals surface area contributed by atoms with Gasteiger partial charge in [-0.05, 0) is 49.1 Å². The summed E-state index contributed by atoms with van der Waals surface area (Å²) in [6.07, 6.45) is -3.80. The number of rotatable bonds is 6. The second-order valence-corrected chi connectivity index (χ2v) is 9.27. The summed E-state index contributed by atoms with van der Waals surface area (Å²) in [5.74, 6) is -0.995. The van der Waals surface area contributed by atoms with Crippen molar-refractivity contribution < 1.29 is 30.8 Å². The molecule has 0 radical (unpaired) electrons. The van der Waals surface area contributed by atoms with Crippen molar-refractivity contribution >= 4 is 15.9 Å². The van der Waals surface area contributed by atoms with Gasteiger partial charge in [-0.15, -0.1) is 0 Å². The molecule has 2 aromatic rings. The molecule has 1 aliphatic rings. The Morgan fingerprint density at radius 3 is 2.39 bits per heavy atom. The fraction of sp³-hybridized carbons (Fsp3) is 0.381. The summed E-state index contributed by atoms with van der Waals surface area (Å²) in [6, 6.07) is 9.90. The van der Waals surface area contributed by atoms with Gasteiger partial charge in [0.25, 0.3) is 0 Å². The molecule has 1 fully saturated rings. The number of piperidine rings is 1. The average molecular weight is 458 g/mol. The first kappa shape index (κ1) is 23.2. The SMILES string of the molecule is O=C(NCCc1ccccc1F)C1CCN(S(=O)(=O)c2cccc(C(F)(F)F)c2)CC1. The first-order valence-electron chi connectivity index (χ1n) is 9.77. The number of amides is 1. The number of alkyl halides is 3. The van der Waals surface area contributed by atoms with E-state index in [9.17, 15) is 30.8 Å². The topological polar surface area (TPSA) is 66.5 Å². The molecule has 0 aliphatic carbocycles. The van der Waals surface area contributed by atoms with Crippen molar-refractivity contribution in [1.29, 1.82) is 0 Å². The van der Waals surface area contributed by atoms with Gasteiger partial charge >= 0.3 is 6.18 Å². The van der Waals surface area contributed by atoms with Gasteiger partial charge in [0.1, 0.15) is 5.82 Å². The molecule has 1 saturated heterocycles. The van der Waals surface area contributed by atoms with E-state index in [1.165, 1.54) is 6.07 Å². The van der Waals surface area contributed by atoms with Crippen molar-refractivity contribution in [2.75, 3.05) is 19.6 Å². The lowest BCUT2D eigenvalue weighted by Crippen LogP contribution is -2.43. The molecule has 10 heteroatoms. The molecule has 1 N–H and O–H groups in total. The minimum atomic E-state index is -4.64. The van der Waals surface area contributed by atoms with Gasteiger partial charge in [0, 0.05) is 25.6 Å². The molecule has 0 bridgehead atoms. The zero-order chi connectivity index (χ0) is 22.6. The zero-order valence-electron chi connectivity index (χ0n) is 16.5. The summed E-state index contributed by atoms with van der Waals surface area (Å²) < 4.78 is 78.9. The number of nitrogens with zero attached hydrogens (tertiary/aromatic N) is 1. The highest BCUT2D eigenvalue weighted by Gasteiger charge is 2.35. The molecule has 0 spiro atoms. The third kappa shape index (κ3) is 5.62. The molecule has 0 aromatic heterocycles. The van der Waals surface area contributed by atoms with Crippen LogP contribution in [0.3, 0.4) is 0 Å². The molecule has 1 aliphatic heterocycles. The van der Waals surface area contributed by atoms with Crippen LogP contribution >= 0.6 is 0 Å². The number of benzene rings is 2. The lowest BCUT2D eigenvalue weighted by atomic mass is 9.97. The highest BCUT2D eigenvalue weighted by Crippen LogP contribution is 2.32. The number of hydrogen-bond acceptors (Lipinski definition) is 3. The van der Waals surface area contributed by atoms with E-state index in [0.717, 1.165) is 22.5 Å². The van der Waals surface area contributed by atoms with Gasteiger partial charge in [-0.3, -0.25) is 4.79 Å². The average Bonchev–Trinajstić information content (AvgIpc) is 2.74. The maximum absolute atomic E-state index is 13.6. The maximum Gasteiger partial charge on any atom is 0.416 e. The monoisotopic (exact) mass is 458 g/mol. The molecule has 1 amide bonds.